The summed E-state index contributed by atoms with van der Waals surface area (Å²) in [5.74, 6) is 1.26. The zero-order valence-corrected chi connectivity index (χ0v) is 9.71. The van der Waals surface area contributed by atoms with Gasteiger partial charge in [-0.2, -0.15) is 0 Å². The first-order valence-corrected chi connectivity index (χ1v) is 6.24. The van der Waals surface area contributed by atoms with Crippen LogP contribution in [0.2, 0.25) is 0 Å². The molecule has 1 aromatic carbocycles. The molecule has 0 radical (unpaired) electrons. The summed E-state index contributed by atoms with van der Waals surface area (Å²) in [5.41, 5.74) is 4.12. The molecule has 1 heterocycles. The lowest BCUT2D eigenvalue weighted by molar-refractivity contribution is 0.835. The highest BCUT2D eigenvalue weighted by atomic mass is 32.2. The maximum atomic E-state index is 3.51. The van der Waals surface area contributed by atoms with E-state index in [9.17, 15) is 0 Å². The topological polar surface area (TPSA) is 12.0 Å². The average molecular weight is 207 g/mol. The van der Waals surface area contributed by atoms with Gasteiger partial charge in [-0.3, -0.25) is 0 Å². The smallest absolute Gasteiger partial charge is 0.0481 e. The van der Waals surface area contributed by atoms with Crippen LogP contribution in [0.4, 0.5) is 5.69 Å². The zero-order valence-electron chi connectivity index (χ0n) is 8.89. The van der Waals surface area contributed by atoms with Crippen molar-refractivity contribution in [3.63, 3.8) is 0 Å². The van der Waals surface area contributed by atoms with E-state index in [0.717, 1.165) is 6.54 Å². The Kier molecular flexibility index (Phi) is 3.02. The molecule has 2 rings (SSSR count). The maximum Gasteiger partial charge on any atom is 0.0481 e. The number of anilines is 1. The minimum absolute atomic E-state index is 1.12. The van der Waals surface area contributed by atoms with Gasteiger partial charge in [0.2, 0.25) is 0 Å². The molecule has 1 nitrogen and oxygen atoms in total. The number of aryl methyl sites for hydroxylation is 2. The normalized spacial score (nSPS) is 16.4. The largest absolute Gasteiger partial charge is 0.384 e. The Balaban J connectivity index is 2.35. The van der Waals surface area contributed by atoms with Crippen molar-refractivity contribution >= 4 is 17.4 Å². The fraction of sp³-hybridized carbons (Fsp3) is 0.500. The molecule has 0 aliphatic carbocycles. The number of nitrogens with one attached hydrogen (secondary N) is 1. The molecular formula is C12H17NS. The third-order valence-corrected chi connectivity index (χ3v) is 3.88. The van der Waals surface area contributed by atoms with E-state index in [4.69, 9.17) is 0 Å². The third-order valence-electron chi connectivity index (χ3n) is 2.74. The molecule has 1 N–H and O–H groups in total. The molecule has 0 amide bonds. The molecule has 2 heteroatoms. The van der Waals surface area contributed by atoms with Crippen LogP contribution < -0.4 is 5.32 Å². The zero-order chi connectivity index (χ0) is 9.97. The van der Waals surface area contributed by atoms with Gasteiger partial charge in [0.1, 0.15) is 0 Å². The minimum Gasteiger partial charge on any atom is -0.384 e. The molecule has 0 saturated heterocycles. The molecule has 0 unspecified atom stereocenters. The van der Waals surface area contributed by atoms with Gasteiger partial charge in [0, 0.05) is 17.1 Å². The van der Waals surface area contributed by atoms with Crippen molar-refractivity contribution in [3.05, 3.63) is 23.3 Å². The lowest BCUT2D eigenvalue weighted by Gasteiger charge is -2.17. The van der Waals surface area contributed by atoms with E-state index in [0.29, 0.717) is 0 Å². The standard InChI is InChI=1S/C12H17NS/c1-9-7-11-12(8-10(9)2)14-6-4-3-5-13-11/h7-8,13H,3-6H2,1-2H3. The third kappa shape index (κ3) is 2.06. The van der Waals surface area contributed by atoms with Gasteiger partial charge >= 0.3 is 0 Å². The van der Waals surface area contributed by atoms with E-state index >= 15 is 0 Å². The minimum atomic E-state index is 1.12. The van der Waals surface area contributed by atoms with Gasteiger partial charge in [-0.15, -0.1) is 11.8 Å². The molecule has 76 valence electrons. The molecule has 1 aliphatic rings. The van der Waals surface area contributed by atoms with Gasteiger partial charge < -0.3 is 5.32 Å². The van der Waals surface area contributed by atoms with Gasteiger partial charge in [-0.1, -0.05) is 0 Å². The lowest BCUT2D eigenvalue weighted by atomic mass is 10.1. The van der Waals surface area contributed by atoms with Gasteiger partial charge in [-0.25, -0.2) is 0 Å². The summed E-state index contributed by atoms with van der Waals surface area (Å²) >= 11 is 1.98. The van der Waals surface area contributed by atoms with Crippen LogP contribution in [-0.4, -0.2) is 12.3 Å². The highest BCUT2D eigenvalue weighted by Crippen LogP contribution is 2.32. The molecule has 0 fully saturated rings. The molecule has 0 saturated carbocycles. The summed E-state index contributed by atoms with van der Waals surface area (Å²) in [6, 6.07) is 4.59. The van der Waals surface area contributed by atoms with Crippen molar-refractivity contribution in [2.45, 2.75) is 31.6 Å². The lowest BCUT2D eigenvalue weighted by Crippen LogP contribution is -2.06. The van der Waals surface area contributed by atoms with E-state index in [1.165, 1.54) is 40.3 Å². The first-order chi connectivity index (χ1) is 6.77. The predicted octanol–water partition coefficient (Wildman–Crippen LogP) is 3.60. The molecular weight excluding hydrogens is 190 g/mol. The Hall–Kier alpha value is -0.630. The monoisotopic (exact) mass is 207 g/mol. The van der Waals surface area contributed by atoms with Crippen molar-refractivity contribution in [1.82, 2.24) is 0 Å². The van der Waals surface area contributed by atoms with Crippen molar-refractivity contribution in [2.75, 3.05) is 17.6 Å². The van der Waals surface area contributed by atoms with Gasteiger partial charge in [0.05, 0.1) is 0 Å². The van der Waals surface area contributed by atoms with E-state index < -0.39 is 0 Å². The predicted molar refractivity (Wildman–Crippen MR) is 64.4 cm³/mol. The summed E-state index contributed by atoms with van der Waals surface area (Å²) in [5, 5.41) is 3.51. The molecule has 0 atom stereocenters. The van der Waals surface area contributed by atoms with E-state index in [2.05, 4.69) is 31.3 Å². The number of thioether (sulfide) groups is 1. The van der Waals surface area contributed by atoms with E-state index in [1.807, 2.05) is 11.8 Å². The Morgan fingerprint density at radius 1 is 1.14 bits per heavy atom. The maximum absolute atomic E-state index is 3.51. The number of benzene rings is 1. The van der Waals surface area contributed by atoms with Crippen molar-refractivity contribution in [2.24, 2.45) is 0 Å². The number of hydrogen-bond donors (Lipinski definition) is 1. The quantitative estimate of drug-likeness (QED) is 0.697. The van der Waals surface area contributed by atoms with Crippen LogP contribution in [0.15, 0.2) is 17.0 Å². The van der Waals surface area contributed by atoms with Gasteiger partial charge in [0.15, 0.2) is 0 Å². The van der Waals surface area contributed by atoms with Gasteiger partial charge in [0.25, 0.3) is 0 Å². The highest BCUT2D eigenvalue weighted by molar-refractivity contribution is 7.99. The first-order valence-electron chi connectivity index (χ1n) is 5.25. The number of fused-ring (bicyclic) bond motifs is 1. The Labute approximate surface area is 90.3 Å². The Morgan fingerprint density at radius 2 is 1.93 bits per heavy atom. The second-order valence-electron chi connectivity index (χ2n) is 3.91. The van der Waals surface area contributed by atoms with Crippen LogP contribution in [0, 0.1) is 13.8 Å². The Bertz CT molecular complexity index is 300. The van der Waals surface area contributed by atoms with Gasteiger partial charge in [-0.05, 0) is 55.7 Å². The number of rotatable bonds is 0. The second-order valence-corrected chi connectivity index (χ2v) is 5.05. The van der Waals surface area contributed by atoms with Crippen LogP contribution >= 0.6 is 11.8 Å². The summed E-state index contributed by atoms with van der Waals surface area (Å²) < 4.78 is 0. The van der Waals surface area contributed by atoms with Crippen LogP contribution in [-0.2, 0) is 0 Å². The van der Waals surface area contributed by atoms with Crippen molar-refractivity contribution in [3.8, 4) is 0 Å². The van der Waals surface area contributed by atoms with Crippen molar-refractivity contribution < 1.29 is 0 Å². The molecule has 14 heavy (non-hydrogen) atoms. The summed E-state index contributed by atoms with van der Waals surface area (Å²) in [7, 11) is 0. The second kappa shape index (κ2) is 4.26. The highest BCUT2D eigenvalue weighted by Gasteiger charge is 2.07. The molecule has 0 aromatic heterocycles. The summed E-state index contributed by atoms with van der Waals surface area (Å²) in [4.78, 5) is 1.42. The molecule has 0 bridgehead atoms. The van der Waals surface area contributed by atoms with Crippen molar-refractivity contribution in [1.29, 1.82) is 0 Å². The van der Waals surface area contributed by atoms with Crippen LogP contribution in [0.3, 0.4) is 0 Å². The van der Waals surface area contributed by atoms with E-state index in [-0.39, 0.29) is 0 Å². The van der Waals surface area contributed by atoms with Crippen LogP contribution in [0.1, 0.15) is 24.0 Å². The van der Waals surface area contributed by atoms with Crippen LogP contribution in [0.5, 0.6) is 0 Å². The fourth-order valence-corrected chi connectivity index (χ4v) is 2.79. The molecule has 0 spiro atoms. The Morgan fingerprint density at radius 3 is 2.79 bits per heavy atom. The average Bonchev–Trinajstić information content (AvgIpc) is 2.13. The first kappa shape index (κ1) is 9.91. The SMILES string of the molecule is Cc1cc2c(cc1C)SCCCCN2. The summed E-state index contributed by atoms with van der Waals surface area (Å²) in [6.45, 7) is 5.49. The van der Waals surface area contributed by atoms with Crippen LogP contribution in [0.25, 0.3) is 0 Å². The van der Waals surface area contributed by atoms with E-state index in [1.54, 1.807) is 0 Å². The number of hydrogen-bond acceptors (Lipinski definition) is 2. The molecule has 1 aliphatic heterocycles. The fourth-order valence-electron chi connectivity index (χ4n) is 1.68. The summed E-state index contributed by atoms with van der Waals surface area (Å²) in [6.07, 6.45) is 2.61. The molecule has 1 aromatic rings.